The molecule has 2 aromatic rings. The van der Waals surface area contributed by atoms with Crippen molar-refractivity contribution >= 4 is 0 Å². The van der Waals surface area contributed by atoms with Gasteiger partial charge in [0.15, 0.2) is 0 Å². The van der Waals surface area contributed by atoms with E-state index in [0.717, 1.165) is 11.5 Å². The molecule has 1 saturated heterocycles. The number of aromatic nitrogens is 1. The van der Waals surface area contributed by atoms with Gasteiger partial charge < -0.3 is 14.4 Å². The van der Waals surface area contributed by atoms with Gasteiger partial charge in [0.05, 0.1) is 18.9 Å². The largest absolute Gasteiger partial charge is 0.497 e. The Bertz CT molecular complexity index is 674. The zero-order chi connectivity index (χ0) is 16.4. The average Bonchev–Trinajstić information content (AvgIpc) is 3.08. The SMILES string of the molecule is COc1ccc(CN2C[C@@H](Cc3cc(C)no3)[C@@H](O)C2)c(F)c1. The first-order chi connectivity index (χ1) is 11.0. The van der Waals surface area contributed by atoms with Gasteiger partial charge in [-0.15, -0.1) is 0 Å². The highest BCUT2D eigenvalue weighted by molar-refractivity contribution is 5.29. The highest BCUT2D eigenvalue weighted by Crippen LogP contribution is 2.25. The van der Waals surface area contributed by atoms with Crippen molar-refractivity contribution in [3.8, 4) is 5.75 Å². The summed E-state index contributed by atoms with van der Waals surface area (Å²) in [5, 5.41) is 14.1. The van der Waals surface area contributed by atoms with E-state index in [2.05, 4.69) is 10.1 Å². The van der Waals surface area contributed by atoms with Crippen LogP contribution in [0.4, 0.5) is 4.39 Å². The van der Waals surface area contributed by atoms with Gasteiger partial charge in [0.2, 0.25) is 0 Å². The van der Waals surface area contributed by atoms with E-state index in [1.54, 1.807) is 12.1 Å². The van der Waals surface area contributed by atoms with E-state index in [1.807, 2.05) is 13.0 Å². The van der Waals surface area contributed by atoms with Crippen LogP contribution in [0.25, 0.3) is 0 Å². The second-order valence-corrected chi connectivity index (χ2v) is 6.12. The van der Waals surface area contributed by atoms with Crippen molar-refractivity contribution in [2.75, 3.05) is 20.2 Å². The molecule has 0 saturated carbocycles. The summed E-state index contributed by atoms with van der Waals surface area (Å²) >= 11 is 0. The molecule has 0 radical (unpaired) electrons. The maximum absolute atomic E-state index is 14.0. The number of nitrogens with zero attached hydrogens (tertiary/aromatic N) is 2. The lowest BCUT2D eigenvalue weighted by Gasteiger charge is -2.16. The fourth-order valence-electron chi connectivity index (χ4n) is 3.07. The van der Waals surface area contributed by atoms with E-state index >= 15 is 0 Å². The second-order valence-electron chi connectivity index (χ2n) is 6.12. The summed E-state index contributed by atoms with van der Waals surface area (Å²) in [5.41, 5.74) is 1.44. The number of aliphatic hydroxyl groups excluding tert-OH is 1. The first kappa shape index (κ1) is 16.0. The predicted molar refractivity (Wildman–Crippen MR) is 82.7 cm³/mol. The first-order valence-electron chi connectivity index (χ1n) is 7.70. The Morgan fingerprint density at radius 2 is 2.22 bits per heavy atom. The van der Waals surface area contributed by atoms with Crippen LogP contribution >= 0.6 is 0 Å². The lowest BCUT2D eigenvalue weighted by atomic mass is 10.0. The van der Waals surface area contributed by atoms with Crippen LogP contribution in [0, 0.1) is 18.7 Å². The molecule has 1 aromatic carbocycles. The normalized spacial score (nSPS) is 21.7. The number of methoxy groups -OCH3 is 1. The van der Waals surface area contributed by atoms with Crippen LogP contribution < -0.4 is 4.74 Å². The zero-order valence-electron chi connectivity index (χ0n) is 13.3. The van der Waals surface area contributed by atoms with Gasteiger partial charge in [-0.25, -0.2) is 4.39 Å². The molecule has 2 atom stereocenters. The van der Waals surface area contributed by atoms with Crippen molar-refractivity contribution in [3.63, 3.8) is 0 Å². The first-order valence-corrected chi connectivity index (χ1v) is 7.70. The van der Waals surface area contributed by atoms with Gasteiger partial charge >= 0.3 is 0 Å². The van der Waals surface area contributed by atoms with Gasteiger partial charge in [0.1, 0.15) is 17.3 Å². The van der Waals surface area contributed by atoms with Crippen LogP contribution in [0.3, 0.4) is 0 Å². The molecule has 5 nitrogen and oxygen atoms in total. The van der Waals surface area contributed by atoms with E-state index in [4.69, 9.17) is 9.26 Å². The third-order valence-corrected chi connectivity index (χ3v) is 4.28. The Hall–Kier alpha value is -1.92. The fourth-order valence-corrected chi connectivity index (χ4v) is 3.07. The molecule has 6 heteroatoms. The minimum Gasteiger partial charge on any atom is -0.497 e. The number of rotatable bonds is 5. The zero-order valence-corrected chi connectivity index (χ0v) is 13.3. The molecule has 1 aliphatic rings. The molecule has 1 aromatic heterocycles. The summed E-state index contributed by atoms with van der Waals surface area (Å²) in [7, 11) is 1.51. The summed E-state index contributed by atoms with van der Waals surface area (Å²) in [6, 6.07) is 6.75. The molecule has 2 heterocycles. The highest BCUT2D eigenvalue weighted by atomic mass is 19.1. The molecule has 1 fully saturated rings. The van der Waals surface area contributed by atoms with Gasteiger partial charge in [-0.3, -0.25) is 4.90 Å². The van der Waals surface area contributed by atoms with Crippen molar-refractivity contribution in [1.29, 1.82) is 0 Å². The summed E-state index contributed by atoms with van der Waals surface area (Å²) in [4.78, 5) is 2.06. The van der Waals surface area contributed by atoms with E-state index in [1.165, 1.54) is 13.2 Å². The van der Waals surface area contributed by atoms with Crippen LogP contribution in [0.1, 0.15) is 17.0 Å². The minimum atomic E-state index is -0.443. The van der Waals surface area contributed by atoms with Crippen LogP contribution in [0.15, 0.2) is 28.8 Å². The number of benzene rings is 1. The summed E-state index contributed by atoms with van der Waals surface area (Å²) in [6.45, 7) is 3.57. The van der Waals surface area contributed by atoms with E-state index in [-0.39, 0.29) is 11.7 Å². The molecule has 1 aliphatic heterocycles. The van der Waals surface area contributed by atoms with Crippen molar-refractivity contribution in [2.45, 2.75) is 26.0 Å². The van der Waals surface area contributed by atoms with E-state index in [9.17, 15) is 9.50 Å². The Kier molecular flexibility index (Phi) is 4.63. The van der Waals surface area contributed by atoms with Gasteiger partial charge in [0.25, 0.3) is 0 Å². The fraction of sp³-hybridized carbons (Fsp3) is 0.471. The molecule has 0 amide bonds. The van der Waals surface area contributed by atoms with Crippen LogP contribution in [-0.2, 0) is 13.0 Å². The van der Waals surface area contributed by atoms with Crippen molar-refractivity contribution in [1.82, 2.24) is 10.1 Å². The van der Waals surface area contributed by atoms with E-state index in [0.29, 0.717) is 37.4 Å². The Morgan fingerprint density at radius 1 is 1.39 bits per heavy atom. The molecule has 1 N–H and O–H groups in total. The van der Waals surface area contributed by atoms with Crippen molar-refractivity contribution in [2.24, 2.45) is 5.92 Å². The topological polar surface area (TPSA) is 58.7 Å². The number of hydrogen-bond acceptors (Lipinski definition) is 5. The maximum atomic E-state index is 14.0. The molecule has 0 bridgehead atoms. The standard InChI is InChI=1S/C17H21FN2O3/c1-11-5-15(23-19-11)6-13-9-20(10-17(13)21)8-12-3-4-14(22-2)7-16(12)18/h3-5,7,13,17,21H,6,8-10H2,1-2H3/t13-,17+/m1/s1. The smallest absolute Gasteiger partial charge is 0.137 e. The van der Waals surface area contributed by atoms with Gasteiger partial charge in [-0.2, -0.15) is 0 Å². The number of hydrogen-bond donors (Lipinski definition) is 1. The van der Waals surface area contributed by atoms with Gasteiger partial charge in [0, 0.05) is 49.7 Å². The maximum Gasteiger partial charge on any atom is 0.137 e. The third-order valence-electron chi connectivity index (χ3n) is 4.28. The molecule has 124 valence electrons. The molecule has 0 unspecified atom stereocenters. The summed E-state index contributed by atoms with van der Waals surface area (Å²) < 4.78 is 24.3. The summed E-state index contributed by atoms with van der Waals surface area (Å²) in [5.74, 6) is 1.08. The lowest BCUT2D eigenvalue weighted by molar-refractivity contribution is 0.137. The molecule has 0 spiro atoms. The van der Waals surface area contributed by atoms with Crippen LogP contribution in [0.5, 0.6) is 5.75 Å². The second kappa shape index (κ2) is 6.68. The third kappa shape index (κ3) is 3.71. The highest BCUT2D eigenvalue weighted by Gasteiger charge is 2.32. The number of ether oxygens (including phenoxy) is 1. The minimum absolute atomic E-state index is 0.0728. The molecule has 23 heavy (non-hydrogen) atoms. The number of aryl methyl sites for hydroxylation is 1. The molecular weight excluding hydrogens is 299 g/mol. The quantitative estimate of drug-likeness (QED) is 0.915. The molecular formula is C17H21FN2O3. The Balaban J connectivity index is 1.62. The van der Waals surface area contributed by atoms with Gasteiger partial charge in [-0.05, 0) is 13.0 Å². The number of β-amino-alcohol motifs (C(OH)–C–C–N with tert-alkyl or cyclic N) is 1. The van der Waals surface area contributed by atoms with Crippen molar-refractivity contribution < 1.29 is 18.8 Å². The van der Waals surface area contributed by atoms with Gasteiger partial charge in [-0.1, -0.05) is 11.2 Å². The van der Waals surface area contributed by atoms with Crippen LogP contribution in [0.2, 0.25) is 0 Å². The van der Waals surface area contributed by atoms with Crippen LogP contribution in [-0.4, -0.2) is 41.5 Å². The Labute approximate surface area is 134 Å². The molecule has 0 aliphatic carbocycles. The number of likely N-dealkylation sites (tertiary alicyclic amines) is 1. The Morgan fingerprint density at radius 3 is 2.87 bits per heavy atom. The number of aliphatic hydroxyl groups is 1. The number of halogens is 1. The predicted octanol–water partition coefficient (Wildman–Crippen LogP) is 2.17. The lowest BCUT2D eigenvalue weighted by Crippen LogP contribution is -2.22. The average molecular weight is 320 g/mol. The van der Waals surface area contributed by atoms with Crippen molar-refractivity contribution in [3.05, 3.63) is 47.1 Å². The monoisotopic (exact) mass is 320 g/mol. The summed E-state index contributed by atoms with van der Waals surface area (Å²) in [6.07, 6.45) is 0.200. The van der Waals surface area contributed by atoms with E-state index < -0.39 is 6.10 Å². The molecule has 3 rings (SSSR count).